The summed E-state index contributed by atoms with van der Waals surface area (Å²) in [5.74, 6) is 0.545. The largest absolute Gasteiger partial charge is 0.417 e. The van der Waals surface area contributed by atoms with E-state index in [-0.39, 0.29) is 23.1 Å². The van der Waals surface area contributed by atoms with Crippen molar-refractivity contribution in [2.75, 3.05) is 11.9 Å². The number of rotatable bonds is 1. The first-order valence-corrected chi connectivity index (χ1v) is 8.59. The number of alkyl halides is 3. The predicted molar refractivity (Wildman–Crippen MR) is 95.9 cm³/mol. The molecule has 0 saturated heterocycles. The van der Waals surface area contributed by atoms with E-state index >= 15 is 0 Å². The average Bonchev–Trinajstić information content (AvgIpc) is 2.63. The Morgan fingerprint density at radius 1 is 1.19 bits per heavy atom. The SMILES string of the molecule is CC1CC(c2ccccc2)N(C)c2nc3oc(=O)cc(C(F)(F)F)c3cc21. The number of fused-ring (bicyclic) bond motifs is 2. The van der Waals surface area contributed by atoms with Gasteiger partial charge in [0.25, 0.3) is 0 Å². The van der Waals surface area contributed by atoms with Crippen LogP contribution in [0.2, 0.25) is 0 Å². The zero-order chi connectivity index (χ0) is 19.3. The minimum absolute atomic E-state index is 0.00585. The topological polar surface area (TPSA) is 46.3 Å². The van der Waals surface area contributed by atoms with Gasteiger partial charge in [0.2, 0.25) is 5.71 Å². The molecular formula is C20H17F3N2O2. The van der Waals surface area contributed by atoms with Crippen LogP contribution in [0.4, 0.5) is 19.0 Å². The summed E-state index contributed by atoms with van der Waals surface area (Å²) in [7, 11) is 1.85. The quantitative estimate of drug-likeness (QED) is 0.608. The molecule has 0 fully saturated rings. The summed E-state index contributed by atoms with van der Waals surface area (Å²) in [6.07, 6.45) is -3.90. The van der Waals surface area contributed by atoms with Crippen molar-refractivity contribution >= 4 is 16.9 Å². The van der Waals surface area contributed by atoms with Crippen LogP contribution in [0, 0.1) is 0 Å². The molecule has 7 heteroatoms. The molecule has 1 aliphatic heterocycles. The van der Waals surface area contributed by atoms with E-state index in [0.717, 1.165) is 17.5 Å². The van der Waals surface area contributed by atoms with Gasteiger partial charge in [0.05, 0.1) is 17.0 Å². The van der Waals surface area contributed by atoms with E-state index in [2.05, 4.69) is 4.98 Å². The van der Waals surface area contributed by atoms with E-state index in [4.69, 9.17) is 4.42 Å². The van der Waals surface area contributed by atoms with E-state index in [1.807, 2.05) is 49.2 Å². The normalized spacial score (nSPS) is 20.0. The van der Waals surface area contributed by atoms with Crippen LogP contribution in [0.3, 0.4) is 0 Å². The maximum absolute atomic E-state index is 13.4. The van der Waals surface area contributed by atoms with Gasteiger partial charge in [-0.25, -0.2) is 4.79 Å². The van der Waals surface area contributed by atoms with E-state index in [0.29, 0.717) is 11.9 Å². The lowest BCUT2D eigenvalue weighted by Crippen LogP contribution is -2.31. The highest BCUT2D eigenvalue weighted by molar-refractivity contribution is 5.81. The first kappa shape index (κ1) is 17.6. The lowest BCUT2D eigenvalue weighted by atomic mass is 9.85. The fraction of sp³-hybridized carbons (Fsp3) is 0.300. The predicted octanol–water partition coefficient (Wildman–Crippen LogP) is 4.89. The van der Waals surface area contributed by atoms with Crippen molar-refractivity contribution in [2.24, 2.45) is 0 Å². The lowest BCUT2D eigenvalue weighted by Gasteiger charge is -2.38. The van der Waals surface area contributed by atoms with Crippen LogP contribution in [-0.4, -0.2) is 12.0 Å². The van der Waals surface area contributed by atoms with Gasteiger partial charge < -0.3 is 9.32 Å². The molecule has 27 heavy (non-hydrogen) atoms. The minimum atomic E-state index is -4.65. The second-order valence-electron chi connectivity index (χ2n) is 6.90. The Morgan fingerprint density at radius 3 is 2.56 bits per heavy atom. The van der Waals surface area contributed by atoms with Crippen molar-refractivity contribution in [3.05, 3.63) is 69.6 Å². The zero-order valence-corrected chi connectivity index (χ0v) is 14.7. The second-order valence-corrected chi connectivity index (χ2v) is 6.90. The van der Waals surface area contributed by atoms with Gasteiger partial charge in [0.15, 0.2) is 0 Å². The minimum Gasteiger partial charge on any atom is -0.404 e. The summed E-state index contributed by atoms with van der Waals surface area (Å²) in [4.78, 5) is 17.9. The Balaban J connectivity index is 1.92. The number of hydrogen-bond acceptors (Lipinski definition) is 4. The van der Waals surface area contributed by atoms with Gasteiger partial charge in [-0.3, -0.25) is 0 Å². The van der Waals surface area contributed by atoms with Gasteiger partial charge in [-0.05, 0) is 29.5 Å². The van der Waals surface area contributed by atoms with Crippen LogP contribution in [0.25, 0.3) is 11.1 Å². The van der Waals surface area contributed by atoms with Crippen LogP contribution >= 0.6 is 0 Å². The first-order chi connectivity index (χ1) is 12.8. The Labute approximate surface area is 153 Å². The molecule has 1 aromatic carbocycles. The maximum Gasteiger partial charge on any atom is 0.417 e. The van der Waals surface area contributed by atoms with Crippen molar-refractivity contribution in [1.29, 1.82) is 0 Å². The second kappa shape index (κ2) is 6.11. The molecule has 4 rings (SSSR count). The van der Waals surface area contributed by atoms with Crippen LogP contribution < -0.4 is 10.5 Å². The molecule has 4 nitrogen and oxygen atoms in total. The number of anilines is 1. The van der Waals surface area contributed by atoms with Crippen LogP contribution in [0.5, 0.6) is 0 Å². The molecule has 0 saturated carbocycles. The zero-order valence-electron chi connectivity index (χ0n) is 14.7. The van der Waals surface area contributed by atoms with Gasteiger partial charge in [-0.1, -0.05) is 37.3 Å². The highest BCUT2D eigenvalue weighted by Crippen LogP contribution is 2.44. The highest BCUT2D eigenvalue weighted by atomic mass is 19.4. The third kappa shape index (κ3) is 2.97. The van der Waals surface area contributed by atoms with E-state index < -0.39 is 17.4 Å². The molecule has 0 bridgehead atoms. The molecule has 2 atom stereocenters. The summed E-state index contributed by atoms with van der Waals surface area (Å²) in [5.41, 5.74) is -0.541. The van der Waals surface area contributed by atoms with Gasteiger partial charge in [-0.15, -0.1) is 0 Å². The average molecular weight is 374 g/mol. The Hall–Kier alpha value is -2.83. The summed E-state index contributed by atoms with van der Waals surface area (Å²) in [5, 5.41) is -0.181. The van der Waals surface area contributed by atoms with Gasteiger partial charge in [-0.2, -0.15) is 18.2 Å². The summed E-state index contributed by atoms with van der Waals surface area (Å²) < 4.78 is 45.1. The highest BCUT2D eigenvalue weighted by Gasteiger charge is 2.36. The summed E-state index contributed by atoms with van der Waals surface area (Å²) >= 11 is 0. The van der Waals surface area contributed by atoms with Crippen LogP contribution in [0.15, 0.2) is 51.7 Å². The van der Waals surface area contributed by atoms with Gasteiger partial charge in [0.1, 0.15) is 5.82 Å². The van der Waals surface area contributed by atoms with Crippen molar-refractivity contribution in [1.82, 2.24) is 4.98 Å². The fourth-order valence-corrected chi connectivity index (χ4v) is 3.78. The van der Waals surface area contributed by atoms with Crippen molar-refractivity contribution in [3.63, 3.8) is 0 Å². The number of aromatic nitrogens is 1. The van der Waals surface area contributed by atoms with E-state index in [1.54, 1.807) is 0 Å². The number of hydrogen-bond donors (Lipinski definition) is 0. The number of halogens is 3. The smallest absolute Gasteiger partial charge is 0.404 e. The molecule has 140 valence electrons. The molecule has 0 radical (unpaired) electrons. The van der Waals surface area contributed by atoms with Crippen molar-refractivity contribution in [3.8, 4) is 0 Å². The molecule has 2 aromatic heterocycles. The number of benzene rings is 1. The summed E-state index contributed by atoms with van der Waals surface area (Å²) in [6, 6.07) is 11.9. The van der Waals surface area contributed by atoms with Crippen LogP contribution in [-0.2, 0) is 6.18 Å². The molecule has 0 amide bonds. The van der Waals surface area contributed by atoms with Crippen LogP contribution in [0.1, 0.15) is 42.0 Å². The first-order valence-electron chi connectivity index (χ1n) is 8.59. The molecule has 3 heterocycles. The fourth-order valence-electron chi connectivity index (χ4n) is 3.78. The lowest BCUT2D eigenvalue weighted by molar-refractivity contribution is -0.136. The number of nitrogens with zero attached hydrogens (tertiary/aromatic N) is 2. The van der Waals surface area contributed by atoms with Crippen molar-refractivity contribution < 1.29 is 17.6 Å². The standard InChI is InChI=1S/C20H17F3N2O2/c1-11-8-16(12-6-4-3-5-7-12)25(2)18-13(11)9-14-15(20(21,22)23)10-17(26)27-19(14)24-18/h3-7,9-11,16H,8H2,1-2H3. The Kier molecular flexibility index (Phi) is 3.98. The van der Waals surface area contributed by atoms with Gasteiger partial charge >= 0.3 is 11.8 Å². The monoisotopic (exact) mass is 374 g/mol. The molecule has 1 aliphatic rings. The Bertz CT molecular complexity index is 1060. The van der Waals surface area contributed by atoms with Crippen molar-refractivity contribution in [2.45, 2.75) is 31.5 Å². The third-order valence-electron chi connectivity index (χ3n) is 5.14. The maximum atomic E-state index is 13.4. The molecule has 0 N–H and O–H groups in total. The molecule has 3 aromatic rings. The summed E-state index contributed by atoms with van der Waals surface area (Å²) in [6.45, 7) is 1.97. The number of pyridine rings is 1. The Morgan fingerprint density at radius 2 is 1.89 bits per heavy atom. The third-order valence-corrected chi connectivity index (χ3v) is 5.14. The van der Waals surface area contributed by atoms with E-state index in [9.17, 15) is 18.0 Å². The van der Waals surface area contributed by atoms with Gasteiger partial charge in [0, 0.05) is 13.1 Å². The molecular weight excluding hydrogens is 357 g/mol. The van der Waals surface area contributed by atoms with E-state index in [1.165, 1.54) is 6.07 Å². The molecule has 2 unspecified atom stereocenters. The molecule has 0 spiro atoms. The molecule has 0 aliphatic carbocycles.